The van der Waals surface area contributed by atoms with Crippen LogP contribution in [0.2, 0.25) is 10.0 Å². The van der Waals surface area contributed by atoms with Crippen molar-refractivity contribution in [1.29, 1.82) is 0 Å². The standard InChI is InChI=1S/C29H30Cl2FN3O5/c1-38-20-5-3-18(4-6-20)15-35-26(36)10-7-21-24(9-8-23(32)27(21)35)40-17-29(37)11-12-34(16-25(29)39-2)28-22(31)13-19(30)14-33-28/h3-6,8-9,13-14,25,37H,7,10-12,15-17H2,1-2H3/t25-,29+/m0/s1. The number of anilines is 2. The maximum atomic E-state index is 15.2. The Hall–Kier alpha value is -3.11. The summed E-state index contributed by atoms with van der Waals surface area (Å²) in [7, 11) is 3.11. The van der Waals surface area contributed by atoms with E-state index in [9.17, 15) is 9.90 Å². The summed E-state index contributed by atoms with van der Waals surface area (Å²) < 4.78 is 32.2. The Morgan fingerprint density at radius 3 is 2.62 bits per heavy atom. The number of hydrogen-bond acceptors (Lipinski definition) is 7. The Morgan fingerprint density at radius 1 is 1.15 bits per heavy atom. The molecule has 2 atom stereocenters. The van der Waals surface area contributed by atoms with E-state index in [2.05, 4.69) is 4.98 Å². The highest BCUT2D eigenvalue weighted by Crippen LogP contribution is 2.39. The molecule has 40 heavy (non-hydrogen) atoms. The average molecular weight is 590 g/mol. The SMILES string of the molecule is COc1ccc(CN2C(=O)CCc3c(OC[C@]4(O)CCN(c5ncc(Cl)cc5Cl)C[C@@H]4OC)ccc(F)c32)cc1. The number of halogens is 3. The molecule has 11 heteroatoms. The largest absolute Gasteiger partial charge is 0.497 e. The lowest BCUT2D eigenvalue weighted by atomic mass is 9.89. The molecule has 0 saturated carbocycles. The molecule has 1 aromatic heterocycles. The Balaban J connectivity index is 1.34. The number of amides is 1. The van der Waals surface area contributed by atoms with Gasteiger partial charge in [0.05, 0.1) is 29.4 Å². The molecule has 0 bridgehead atoms. The number of fused-ring (bicyclic) bond motifs is 1. The average Bonchev–Trinajstić information content (AvgIpc) is 2.95. The second kappa shape index (κ2) is 11.8. The fourth-order valence-electron chi connectivity index (χ4n) is 5.28. The van der Waals surface area contributed by atoms with Gasteiger partial charge in [-0.05, 0) is 48.7 Å². The molecule has 2 aliphatic heterocycles. The van der Waals surface area contributed by atoms with Crippen LogP contribution >= 0.6 is 23.2 Å². The molecule has 212 valence electrons. The molecule has 0 radical (unpaired) electrons. The van der Waals surface area contributed by atoms with E-state index in [-0.39, 0.29) is 31.2 Å². The van der Waals surface area contributed by atoms with Crippen molar-refractivity contribution in [1.82, 2.24) is 4.98 Å². The summed E-state index contributed by atoms with van der Waals surface area (Å²) in [5, 5.41) is 12.4. The van der Waals surface area contributed by atoms with Gasteiger partial charge in [0.15, 0.2) is 0 Å². The van der Waals surface area contributed by atoms with E-state index in [1.165, 1.54) is 24.3 Å². The van der Waals surface area contributed by atoms with Crippen LogP contribution in [0.4, 0.5) is 15.9 Å². The second-order valence-corrected chi connectivity index (χ2v) is 10.8. The molecular weight excluding hydrogens is 560 g/mol. The number of pyridine rings is 1. The Kier molecular flexibility index (Phi) is 8.37. The summed E-state index contributed by atoms with van der Waals surface area (Å²) in [6, 6.07) is 11.8. The van der Waals surface area contributed by atoms with Gasteiger partial charge in [0.25, 0.3) is 0 Å². The van der Waals surface area contributed by atoms with E-state index in [1.807, 2.05) is 17.0 Å². The van der Waals surface area contributed by atoms with Crippen LogP contribution in [0.5, 0.6) is 11.5 Å². The molecule has 1 amide bonds. The first-order valence-corrected chi connectivity index (χ1v) is 13.7. The summed E-state index contributed by atoms with van der Waals surface area (Å²) in [6.07, 6.45) is 1.78. The third-order valence-electron chi connectivity index (χ3n) is 7.50. The minimum absolute atomic E-state index is 0.0778. The summed E-state index contributed by atoms with van der Waals surface area (Å²) >= 11 is 12.3. The molecule has 1 saturated heterocycles. The summed E-state index contributed by atoms with van der Waals surface area (Å²) in [5.74, 6) is 1.01. The van der Waals surface area contributed by atoms with Crippen LogP contribution in [0, 0.1) is 5.82 Å². The minimum Gasteiger partial charge on any atom is -0.497 e. The predicted molar refractivity (Wildman–Crippen MR) is 151 cm³/mol. The van der Waals surface area contributed by atoms with Gasteiger partial charge in [0.1, 0.15) is 41.4 Å². The highest BCUT2D eigenvalue weighted by atomic mass is 35.5. The van der Waals surface area contributed by atoms with Crippen LogP contribution < -0.4 is 19.3 Å². The first-order chi connectivity index (χ1) is 19.2. The number of benzene rings is 2. The first-order valence-electron chi connectivity index (χ1n) is 12.9. The maximum absolute atomic E-state index is 15.2. The zero-order valence-corrected chi connectivity index (χ0v) is 23.7. The van der Waals surface area contributed by atoms with Crippen molar-refractivity contribution in [2.45, 2.75) is 37.5 Å². The molecule has 1 fully saturated rings. The number of carbonyl (C=O) groups is 1. The van der Waals surface area contributed by atoms with Crippen molar-refractivity contribution in [3.63, 3.8) is 0 Å². The van der Waals surface area contributed by atoms with Crippen LogP contribution in [0.1, 0.15) is 24.0 Å². The van der Waals surface area contributed by atoms with Crippen LogP contribution in [0.15, 0.2) is 48.7 Å². The van der Waals surface area contributed by atoms with E-state index < -0.39 is 17.5 Å². The lowest BCUT2D eigenvalue weighted by Crippen LogP contribution is -2.59. The number of piperidine rings is 1. The molecule has 2 aliphatic rings. The monoisotopic (exact) mass is 589 g/mol. The van der Waals surface area contributed by atoms with Crippen LogP contribution in [0.25, 0.3) is 0 Å². The number of rotatable bonds is 8. The molecule has 0 unspecified atom stereocenters. The molecule has 2 aromatic carbocycles. The van der Waals surface area contributed by atoms with Gasteiger partial charge in [-0.1, -0.05) is 35.3 Å². The lowest BCUT2D eigenvalue weighted by molar-refractivity contribution is -0.123. The van der Waals surface area contributed by atoms with E-state index in [0.717, 1.165) is 5.56 Å². The third kappa shape index (κ3) is 5.69. The normalized spacial score (nSPS) is 20.9. The first kappa shape index (κ1) is 28.4. The van der Waals surface area contributed by atoms with Crippen LogP contribution in [-0.4, -0.2) is 61.6 Å². The van der Waals surface area contributed by atoms with Crippen molar-refractivity contribution in [3.8, 4) is 11.5 Å². The highest BCUT2D eigenvalue weighted by Gasteiger charge is 2.44. The second-order valence-electron chi connectivity index (χ2n) is 9.97. The number of hydrogen-bond donors (Lipinski definition) is 1. The number of nitrogens with zero attached hydrogens (tertiary/aromatic N) is 3. The van der Waals surface area contributed by atoms with E-state index in [1.54, 1.807) is 31.4 Å². The van der Waals surface area contributed by atoms with Crippen molar-refractivity contribution in [3.05, 3.63) is 75.7 Å². The molecule has 3 heterocycles. The van der Waals surface area contributed by atoms with Gasteiger partial charge in [-0.25, -0.2) is 9.37 Å². The number of ether oxygens (including phenoxy) is 3. The fraction of sp³-hybridized carbons (Fsp3) is 0.379. The van der Waals surface area contributed by atoms with Gasteiger partial charge < -0.3 is 29.1 Å². The highest BCUT2D eigenvalue weighted by molar-refractivity contribution is 6.36. The van der Waals surface area contributed by atoms with Crippen LogP contribution in [-0.2, 0) is 22.5 Å². The zero-order chi connectivity index (χ0) is 28.4. The van der Waals surface area contributed by atoms with Crippen LogP contribution in [0.3, 0.4) is 0 Å². The van der Waals surface area contributed by atoms with E-state index in [4.69, 9.17) is 37.4 Å². The minimum atomic E-state index is -1.32. The van der Waals surface area contributed by atoms with E-state index >= 15 is 4.39 Å². The maximum Gasteiger partial charge on any atom is 0.227 e. The van der Waals surface area contributed by atoms with Gasteiger partial charge in [-0.2, -0.15) is 0 Å². The molecule has 0 spiro atoms. The van der Waals surface area contributed by atoms with Crippen molar-refractivity contribution < 1.29 is 28.5 Å². The Labute approximate surface area is 242 Å². The van der Waals surface area contributed by atoms with Crippen molar-refractivity contribution in [2.24, 2.45) is 0 Å². The summed E-state index contributed by atoms with van der Waals surface area (Å²) in [5.41, 5.74) is 0.323. The number of carbonyl (C=O) groups excluding carboxylic acids is 1. The van der Waals surface area contributed by atoms with Gasteiger partial charge in [0.2, 0.25) is 5.91 Å². The van der Waals surface area contributed by atoms with E-state index in [0.29, 0.717) is 58.9 Å². The number of methoxy groups -OCH3 is 2. The lowest BCUT2D eigenvalue weighted by Gasteiger charge is -2.44. The Bertz CT molecular complexity index is 1390. The third-order valence-corrected chi connectivity index (χ3v) is 7.99. The van der Waals surface area contributed by atoms with Crippen molar-refractivity contribution >= 4 is 40.6 Å². The van der Waals surface area contributed by atoms with Gasteiger partial charge in [-0.3, -0.25) is 4.79 Å². The van der Waals surface area contributed by atoms with Gasteiger partial charge >= 0.3 is 0 Å². The molecular formula is C29H30Cl2FN3O5. The fourth-order valence-corrected chi connectivity index (χ4v) is 5.77. The molecule has 0 aliphatic carbocycles. The molecule has 3 aromatic rings. The number of aromatic nitrogens is 1. The Morgan fingerprint density at radius 2 is 1.93 bits per heavy atom. The number of aliphatic hydroxyl groups is 1. The smallest absolute Gasteiger partial charge is 0.227 e. The summed E-state index contributed by atoms with van der Waals surface area (Å²) in [4.78, 5) is 20.6. The summed E-state index contributed by atoms with van der Waals surface area (Å²) in [6.45, 7) is 0.921. The van der Waals surface area contributed by atoms with Gasteiger partial charge in [0, 0.05) is 38.4 Å². The van der Waals surface area contributed by atoms with Crippen molar-refractivity contribution in [2.75, 3.05) is 43.7 Å². The quantitative estimate of drug-likeness (QED) is 0.393. The predicted octanol–water partition coefficient (Wildman–Crippen LogP) is 5.05. The zero-order valence-electron chi connectivity index (χ0n) is 22.2. The molecule has 8 nitrogen and oxygen atoms in total. The molecule has 5 rings (SSSR count). The van der Waals surface area contributed by atoms with Gasteiger partial charge in [-0.15, -0.1) is 0 Å². The topological polar surface area (TPSA) is 84.4 Å². The molecule has 1 N–H and O–H groups in total.